The molecule has 4 fully saturated rings. The van der Waals surface area contributed by atoms with Crippen molar-refractivity contribution in [3.05, 3.63) is 20.8 Å². The number of rotatable bonds is 3. The molecule has 4 saturated carbocycles. The Balaban J connectivity index is 1.36. The molecule has 2 unspecified atom stereocenters. The van der Waals surface area contributed by atoms with Gasteiger partial charge in [-0.2, -0.15) is 0 Å². The van der Waals surface area contributed by atoms with Gasteiger partial charge in [0.2, 0.25) is 0 Å². The normalized spacial score (nSPS) is 39.9. The van der Waals surface area contributed by atoms with Gasteiger partial charge in [0.15, 0.2) is 0 Å². The summed E-state index contributed by atoms with van der Waals surface area (Å²) in [5.74, 6) is 1.50. The van der Waals surface area contributed by atoms with E-state index in [1.165, 1.54) is 37.3 Å². The Kier molecular flexibility index (Phi) is 3.14. The molecule has 0 aromatic carbocycles. The van der Waals surface area contributed by atoms with Crippen molar-refractivity contribution in [2.75, 3.05) is 0 Å². The minimum atomic E-state index is -0.363. The van der Waals surface area contributed by atoms with E-state index in [1.54, 1.807) is 0 Å². The van der Waals surface area contributed by atoms with Crippen molar-refractivity contribution in [2.24, 2.45) is 11.8 Å². The highest BCUT2D eigenvalue weighted by atomic mass is 79.9. The largest absolute Gasteiger partial charge is 0.390 e. The van der Waals surface area contributed by atoms with E-state index < -0.39 is 0 Å². The van der Waals surface area contributed by atoms with Crippen LogP contribution < -0.4 is 5.32 Å². The summed E-state index contributed by atoms with van der Waals surface area (Å²) in [7, 11) is 0. The third-order valence-corrected chi connectivity index (χ3v) is 8.80. The molecule has 118 valence electrons. The zero-order chi connectivity index (χ0) is 14.9. The average Bonchev–Trinajstić information content (AvgIpc) is 2.90. The SMILES string of the molecule is OC12CC3CC(C1)CC(NCc1cc4cc(Br)sc4s1)(C3)C2. The quantitative estimate of drug-likeness (QED) is 0.771. The van der Waals surface area contributed by atoms with Gasteiger partial charge in [-0.05, 0) is 78.4 Å². The minimum absolute atomic E-state index is 0.205. The van der Waals surface area contributed by atoms with Crippen LogP contribution in [-0.4, -0.2) is 16.2 Å². The van der Waals surface area contributed by atoms with Gasteiger partial charge in [0.05, 0.1) is 13.4 Å². The van der Waals surface area contributed by atoms with Gasteiger partial charge in [0.1, 0.15) is 0 Å². The first-order valence-electron chi connectivity index (χ1n) is 8.16. The van der Waals surface area contributed by atoms with Crippen LogP contribution in [0.5, 0.6) is 0 Å². The summed E-state index contributed by atoms with van der Waals surface area (Å²) < 4.78 is 2.63. The molecule has 0 radical (unpaired) electrons. The fraction of sp³-hybridized carbons (Fsp3) is 0.647. The summed E-state index contributed by atoms with van der Waals surface area (Å²) >= 11 is 7.30. The van der Waals surface area contributed by atoms with Crippen LogP contribution >= 0.6 is 38.6 Å². The van der Waals surface area contributed by atoms with Gasteiger partial charge in [-0.1, -0.05) is 0 Å². The van der Waals surface area contributed by atoms with E-state index in [-0.39, 0.29) is 11.1 Å². The lowest BCUT2D eigenvalue weighted by Crippen LogP contribution is -2.64. The second kappa shape index (κ2) is 4.79. The molecule has 2 heterocycles. The molecule has 2 aromatic heterocycles. The lowest BCUT2D eigenvalue weighted by molar-refractivity contribution is -0.142. The number of aliphatic hydroxyl groups is 1. The number of halogens is 1. The molecule has 4 bridgehead atoms. The van der Waals surface area contributed by atoms with Gasteiger partial charge >= 0.3 is 0 Å². The van der Waals surface area contributed by atoms with Crippen molar-refractivity contribution in [1.82, 2.24) is 5.32 Å². The standard InChI is InChI=1S/C17H20BrNOS2/c18-14-3-12-2-13(21-15(12)22-14)8-19-16-4-10-1-11(5-16)7-17(20,6-10)9-16/h2-3,10-11,19-20H,1,4-9H2. The van der Waals surface area contributed by atoms with Crippen LogP contribution in [0.3, 0.4) is 0 Å². The Bertz CT molecular complexity index is 691. The molecular formula is C17H20BrNOS2. The summed E-state index contributed by atoms with van der Waals surface area (Å²) in [5.41, 5.74) is -0.158. The van der Waals surface area contributed by atoms with Crippen LogP contribution in [0, 0.1) is 11.8 Å². The van der Waals surface area contributed by atoms with Crippen molar-refractivity contribution in [3.8, 4) is 0 Å². The number of nitrogens with one attached hydrogen (secondary N) is 1. The molecular weight excluding hydrogens is 378 g/mol. The average molecular weight is 398 g/mol. The van der Waals surface area contributed by atoms with Gasteiger partial charge in [0.25, 0.3) is 0 Å². The Hall–Kier alpha value is 0.0600. The van der Waals surface area contributed by atoms with Crippen molar-refractivity contribution in [3.63, 3.8) is 0 Å². The predicted molar refractivity (Wildman–Crippen MR) is 96.6 cm³/mol. The molecule has 4 aliphatic carbocycles. The first-order valence-corrected chi connectivity index (χ1v) is 10.6. The first-order chi connectivity index (χ1) is 10.5. The maximum atomic E-state index is 10.8. The molecule has 5 heteroatoms. The summed E-state index contributed by atoms with van der Waals surface area (Å²) in [6.45, 7) is 0.958. The molecule has 22 heavy (non-hydrogen) atoms. The number of fused-ring (bicyclic) bond motifs is 1. The molecule has 0 aliphatic heterocycles. The molecule has 2 N–H and O–H groups in total. The molecule has 0 saturated heterocycles. The van der Waals surface area contributed by atoms with E-state index in [4.69, 9.17) is 0 Å². The van der Waals surface area contributed by atoms with Crippen LogP contribution in [0.1, 0.15) is 43.4 Å². The minimum Gasteiger partial charge on any atom is -0.390 e. The van der Waals surface area contributed by atoms with Crippen LogP contribution in [-0.2, 0) is 6.54 Å². The van der Waals surface area contributed by atoms with Crippen LogP contribution in [0.2, 0.25) is 0 Å². The highest BCUT2D eigenvalue weighted by Crippen LogP contribution is 2.57. The summed E-state index contributed by atoms with van der Waals surface area (Å²) in [6, 6.07) is 4.54. The lowest BCUT2D eigenvalue weighted by atomic mass is 9.51. The maximum absolute atomic E-state index is 10.8. The molecule has 2 atom stereocenters. The number of hydrogen-bond acceptors (Lipinski definition) is 4. The smallest absolute Gasteiger partial charge is 0.0880 e. The van der Waals surface area contributed by atoms with E-state index in [0.717, 1.165) is 37.6 Å². The molecule has 0 amide bonds. The van der Waals surface area contributed by atoms with Gasteiger partial charge in [-0.3, -0.25) is 0 Å². The predicted octanol–water partition coefficient (Wildman–Crippen LogP) is 4.90. The monoisotopic (exact) mass is 397 g/mol. The van der Waals surface area contributed by atoms with E-state index in [1.807, 2.05) is 22.7 Å². The van der Waals surface area contributed by atoms with E-state index in [0.29, 0.717) is 0 Å². The molecule has 0 spiro atoms. The summed E-state index contributed by atoms with van der Waals surface area (Å²) in [5, 5.41) is 16.1. The second-order valence-electron chi connectivity index (χ2n) is 7.83. The van der Waals surface area contributed by atoms with Crippen LogP contribution in [0.25, 0.3) is 9.40 Å². The zero-order valence-electron chi connectivity index (χ0n) is 12.4. The van der Waals surface area contributed by atoms with Gasteiger partial charge in [-0.15, -0.1) is 22.7 Å². The first kappa shape index (κ1) is 14.4. The van der Waals surface area contributed by atoms with E-state index in [2.05, 4.69) is 33.4 Å². The molecule has 6 rings (SSSR count). The molecule has 2 nitrogen and oxygen atoms in total. The van der Waals surface area contributed by atoms with Crippen molar-refractivity contribution >= 4 is 48.0 Å². The third-order valence-electron chi connectivity index (χ3n) is 5.90. The highest BCUT2D eigenvalue weighted by Gasteiger charge is 2.56. The van der Waals surface area contributed by atoms with E-state index in [9.17, 15) is 5.11 Å². The molecule has 4 aliphatic rings. The third kappa shape index (κ3) is 2.32. The number of hydrogen-bond donors (Lipinski definition) is 2. The fourth-order valence-corrected chi connectivity index (χ4v) is 8.86. The zero-order valence-corrected chi connectivity index (χ0v) is 15.6. The summed E-state index contributed by atoms with van der Waals surface area (Å²) in [4.78, 5) is 1.43. The fourth-order valence-electron chi connectivity index (χ4n) is 5.64. The van der Waals surface area contributed by atoms with Crippen LogP contribution in [0.15, 0.2) is 15.9 Å². The Morgan fingerprint density at radius 3 is 2.64 bits per heavy atom. The van der Waals surface area contributed by atoms with Gasteiger partial charge in [0, 0.05) is 22.3 Å². The van der Waals surface area contributed by atoms with Gasteiger partial charge < -0.3 is 10.4 Å². The van der Waals surface area contributed by atoms with Crippen molar-refractivity contribution in [2.45, 2.75) is 56.2 Å². The Labute approximate surface area is 147 Å². The Morgan fingerprint density at radius 1 is 1.18 bits per heavy atom. The topological polar surface area (TPSA) is 32.3 Å². The highest BCUT2D eigenvalue weighted by molar-refractivity contribution is 9.11. The number of thiophene rings is 2. The molecule has 2 aromatic rings. The van der Waals surface area contributed by atoms with Gasteiger partial charge in [-0.25, -0.2) is 0 Å². The maximum Gasteiger partial charge on any atom is 0.0880 e. The summed E-state index contributed by atoms with van der Waals surface area (Å²) in [6.07, 6.45) is 6.98. The van der Waals surface area contributed by atoms with Crippen molar-refractivity contribution < 1.29 is 5.11 Å². The van der Waals surface area contributed by atoms with Crippen LogP contribution in [0.4, 0.5) is 0 Å². The Morgan fingerprint density at radius 2 is 1.95 bits per heavy atom. The van der Waals surface area contributed by atoms with E-state index >= 15 is 0 Å². The second-order valence-corrected chi connectivity index (χ2v) is 11.7. The lowest BCUT2D eigenvalue weighted by Gasteiger charge is -2.60. The van der Waals surface area contributed by atoms with Crippen molar-refractivity contribution in [1.29, 1.82) is 0 Å².